The normalized spacial score (nSPS) is 11.4. The number of nitrogens with one attached hydrogen (secondary N) is 3. The number of aromatic amines is 2. The van der Waals surface area contributed by atoms with E-state index >= 15 is 0 Å². The van der Waals surface area contributed by atoms with Crippen LogP contribution in [0.1, 0.15) is 26.2 Å². The van der Waals surface area contributed by atoms with Crippen LogP contribution in [0.25, 0.3) is 55.2 Å². The predicted octanol–water partition coefficient (Wildman–Crippen LogP) is 6.56. The van der Waals surface area contributed by atoms with Gasteiger partial charge in [-0.05, 0) is 48.4 Å². The quantitative estimate of drug-likeness (QED) is 0.225. The second-order valence-electron chi connectivity index (χ2n) is 8.69. The number of carbonyl (C=O) groups excluding carboxylic acids is 1. The molecular formula is C27H22FN7OS. The van der Waals surface area contributed by atoms with Gasteiger partial charge in [-0.1, -0.05) is 19.4 Å². The lowest BCUT2D eigenvalue weighted by atomic mass is 10.0. The van der Waals surface area contributed by atoms with Crippen molar-refractivity contribution in [2.24, 2.45) is 0 Å². The molecule has 0 unspecified atom stereocenters. The average molecular weight is 512 g/mol. The maximum absolute atomic E-state index is 13.7. The molecule has 0 saturated carbocycles. The van der Waals surface area contributed by atoms with Crippen molar-refractivity contribution in [3.8, 4) is 33.2 Å². The van der Waals surface area contributed by atoms with Crippen LogP contribution in [0.4, 0.5) is 10.1 Å². The van der Waals surface area contributed by atoms with E-state index in [9.17, 15) is 9.18 Å². The molecule has 0 aliphatic heterocycles. The van der Waals surface area contributed by atoms with Gasteiger partial charge in [0.15, 0.2) is 11.0 Å². The van der Waals surface area contributed by atoms with Crippen molar-refractivity contribution in [2.45, 2.75) is 26.2 Å². The van der Waals surface area contributed by atoms with Crippen molar-refractivity contribution in [2.75, 3.05) is 5.32 Å². The van der Waals surface area contributed by atoms with Crippen LogP contribution < -0.4 is 5.32 Å². The Hall–Kier alpha value is -4.44. The summed E-state index contributed by atoms with van der Waals surface area (Å²) in [4.78, 5) is 29.8. The number of hydrogen-bond acceptors (Lipinski definition) is 6. The van der Waals surface area contributed by atoms with Gasteiger partial charge in [0.1, 0.15) is 16.9 Å². The number of thiophene rings is 1. The zero-order valence-electron chi connectivity index (χ0n) is 19.9. The van der Waals surface area contributed by atoms with E-state index in [1.54, 1.807) is 24.7 Å². The molecule has 8 nitrogen and oxygen atoms in total. The Balaban J connectivity index is 1.37. The van der Waals surface area contributed by atoms with Gasteiger partial charge in [0.25, 0.3) is 0 Å². The van der Waals surface area contributed by atoms with E-state index in [1.165, 1.54) is 6.07 Å². The molecule has 0 aliphatic rings. The van der Waals surface area contributed by atoms with E-state index in [0.29, 0.717) is 39.7 Å². The zero-order valence-corrected chi connectivity index (χ0v) is 20.7. The molecule has 0 atom stereocenters. The summed E-state index contributed by atoms with van der Waals surface area (Å²) in [7, 11) is 0. The Kier molecular flexibility index (Phi) is 5.93. The Labute approximate surface area is 215 Å². The first-order valence-corrected chi connectivity index (χ1v) is 12.7. The van der Waals surface area contributed by atoms with E-state index in [-0.39, 0.29) is 11.0 Å². The fourth-order valence-corrected chi connectivity index (χ4v) is 5.00. The number of anilines is 1. The number of imidazole rings is 1. The number of pyridine rings is 2. The van der Waals surface area contributed by atoms with Crippen LogP contribution in [0, 0.1) is 5.13 Å². The third-order valence-electron chi connectivity index (χ3n) is 6.11. The number of carbonyl (C=O) groups is 1. The number of unbranched alkanes of at least 4 members (excludes halogenated alkanes) is 1. The standard InChI is InChI=1S/C27H22FN7OS/c1-2-3-4-23(36)31-17-11-16(13-29-14-17)15-5-6-19-18(12-15)24(35-34-19)27-32-20-9-10-30-26(25(20)33-27)21-7-8-22(28)37-21/h5-14H,2-4H2,1H3,(H,31,36)(H,32,33)(H,34,35). The third kappa shape index (κ3) is 4.47. The average Bonchev–Trinajstić information content (AvgIpc) is 3.64. The lowest BCUT2D eigenvalue weighted by Crippen LogP contribution is -2.11. The Morgan fingerprint density at radius 1 is 1.05 bits per heavy atom. The number of rotatable bonds is 7. The van der Waals surface area contributed by atoms with E-state index in [4.69, 9.17) is 4.98 Å². The van der Waals surface area contributed by atoms with Crippen molar-refractivity contribution in [3.63, 3.8) is 0 Å². The van der Waals surface area contributed by atoms with Crippen molar-refractivity contribution >= 4 is 44.9 Å². The first-order chi connectivity index (χ1) is 18.1. The summed E-state index contributed by atoms with van der Waals surface area (Å²) in [5.74, 6) is 0.567. The van der Waals surface area contributed by atoms with Gasteiger partial charge in [-0.2, -0.15) is 9.49 Å². The summed E-state index contributed by atoms with van der Waals surface area (Å²) in [5.41, 5.74) is 6.05. The lowest BCUT2D eigenvalue weighted by molar-refractivity contribution is -0.116. The van der Waals surface area contributed by atoms with Gasteiger partial charge in [-0.15, -0.1) is 11.3 Å². The molecule has 0 fully saturated rings. The second kappa shape index (κ2) is 9.55. The highest BCUT2D eigenvalue weighted by molar-refractivity contribution is 7.13. The number of benzene rings is 1. The fraction of sp³-hybridized carbons (Fsp3) is 0.148. The molecule has 5 aromatic heterocycles. The highest BCUT2D eigenvalue weighted by atomic mass is 32.1. The molecule has 10 heteroatoms. The predicted molar refractivity (Wildman–Crippen MR) is 144 cm³/mol. The van der Waals surface area contributed by atoms with Gasteiger partial charge in [0, 0.05) is 29.8 Å². The number of aromatic nitrogens is 6. The minimum absolute atomic E-state index is 0.0163. The van der Waals surface area contributed by atoms with Gasteiger partial charge in [0.05, 0.1) is 27.8 Å². The van der Waals surface area contributed by atoms with Gasteiger partial charge in [0.2, 0.25) is 5.91 Å². The van der Waals surface area contributed by atoms with Crippen LogP contribution in [-0.4, -0.2) is 36.0 Å². The molecule has 1 amide bonds. The molecule has 184 valence electrons. The van der Waals surface area contributed by atoms with Gasteiger partial charge in [-0.25, -0.2) is 4.98 Å². The summed E-state index contributed by atoms with van der Waals surface area (Å²) < 4.78 is 13.7. The summed E-state index contributed by atoms with van der Waals surface area (Å²) in [5, 5.41) is 11.1. The largest absolute Gasteiger partial charge is 0.336 e. The minimum Gasteiger partial charge on any atom is -0.336 e. The summed E-state index contributed by atoms with van der Waals surface area (Å²) in [6, 6.07) is 12.9. The van der Waals surface area contributed by atoms with Crippen molar-refractivity contribution < 1.29 is 9.18 Å². The van der Waals surface area contributed by atoms with Crippen LogP contribution in [0.3, 0.4) is 0 Å². The van der Waals surface area contributed by atoms with E-state index in [2.05, 4.69) is 37.4 Å². The number of amides is 1. The molecule has 0 bridgehead atoms. The van der Waals surface area contributed by atoms with Crippen LogP contribution in [0.15, 0.2) is 61.1 Å². The Morgan fingerprint density at radius 3 is 2.81 bits per heavy atom. The van der Waals surface area contributed by atoms with Crippen LogP contribution in [0.2, 0.25) is 0 Å². The van der Waals surface area contributed by atoms with E-state index in [1.807, 2.05) is 30.3 Å². The topological polar surface area (TPSA) is 112 Å². The zero-order chi connectivity index (χ0) is 25.4. The molecule has 37 heavy (non-hydrogen) atoms. The molecule has 0 aliphatic carbocycles. The van der Waals surface area contributed by atoms with Gasteiger partial charge < -0.3 is 10.3 Å². The van der Waals surface area contributed by atoms with Crippen molar-refractivity contribution in [1.82, 2.24) is 30.1 Å². The molecule has 6 aromatic rings. The van der Waals surface area contributed by atoms with Crippen LogP contribution >= 0.6 is 11.3 Å². The molecule has 5 heterocycles. The van der Waals surface area contributed by atoms with Crippen LogP contribution in [0.5, 0.6) is 0 Å². The number of H-pyrrole nitrogens is 2. The smallest absolute Gasteiger partial charge is 0.224 e. The van der Waals surface area contributed by atoms with Crippen molar-refractivity contribution in [3.05, 3.63) is 66.2 Å². The lowest BCUT2D eigenvalue weighted by Gasteiger charge is -2.07. The molecule has 1 aromatic carbocycles. The summed E-state index contributed by atoms with van der Waals surface area (Å²) >= 11 is 1.04. The number of hydrogen-bond donors (Lipinski definition) is 3. The maximum Gasteiger partial charge on any atom is 0.224 e. The van der Waals surface area contributed by atoms with E-state index < -0.39 is 0 Å². The van der Waals surface area contributed by atoms with Crippen molar-refractivity contribution in [1.29, 1.82) is 0 Å². The monoisotopic (exact) mass is 511 g/mol. The minimum atomic E-state index is -0.269. The Morgan fingerprint density at radius 2 is 1.97 bits per heavy atom. The number of nitrogens with zero attached hydrogens (tertiary/aromatic N) is 4. The van der Waals surface area contributed by atoms with Crippen LogP contribution in [-0.2, 0) is 4.79 Å². The first kappa shape index (κ1) is 23.0. The number of halogens is 1. The molecule has 0 spiro atoms. The van der Waals surface area contributed by atoms with Gasteiger partial charge >= 0.3 is 0 Å². The SMILES string of the molecule is CCCCC(=O)Nc1cncc(-c2ccc3[nH]nc(-c4nc5c(-c6ccc(F)s6)nccc5[nH]4)c3c2)c1. The van der Waals surface area contributed by atoms with E-state index in [0.717, 1.165) is 51.7 Å². The molecule has 6 rings (SSSR count). The highest BCUT2D eigenvalue weighted by Gasteiger charge is 2.17. The summed E-state index contributed by atoms with van der Waals surface area (Å²) in [6.45, 7) is 2.06. The maximum atomic E-state index is 13.7. The fourth-order valence-electron chi connectivity index (χ4n) is 4.27. The highest BCUT2D eigenvalue weighted by Crippen LogP contribution is 2.34. The number of fused-ring (bicyclic) bond motifs is 2. The molecule has 0 saturated heterocycles. The summed E-state index contributed by atoms with van der Waals surface area (Å²) in [6.07, 6.45) is 7.40. The third-order valence-corrected chi connectivity index (χ3v) is 6.99. The molecular weight excluding hydrogens is 489 g/mol. The first-order valence-electron chi connectivity index (χ1n) is 11.9. The molecule has 0 radical (unpaired) electrons. The second-order valence-corrected chi connectivity index (χ2v) is 9.73. The van der Waals surface area contributed by atoms with Gasteiger partial charge in [-0.3, -0.25) is 19.9 Å². The molecule has 3 N–H and O–H groups in total. The Bertz CT molecular complexity index is 1750.